The van der Waals surface area contributed by atoms with Gasteiger partial charge in [-0.15, -0.1) is 0 Å². The average Bonchev–Trinajstić information content (AvgIpc) is 3.88. The molecule has 0 saturated carbocycles. The van der Waals surface area contributed by atoms with E-state index in [4.69, 9.17) is 14.2 Å². The first-order valence-corrected chi connectivity index (χ1v) is 20.8. The number of nitrogens with zero attached hydrogens (tertiary/aromatic N) is 2. The number of ether oxygens (including phenoxy) is 3. The maximum Gasteiger partial charge on any atom is 0.408 e. The minimum Gasteiger partial charge on any atom is -0.461 e. The van der Waals surface area contributed by atoms with Crippen molar-refractivity contribution in [2.45, 2.75) is 130 Å². The minimum absolute atomic E-state index is 0.00342. The van der Waals surface area contributed by atoms with Gasteiger partial charge in [0.2, 0.25) is 23.6 Å². The van der Waals surface area contributed by atoms with Crippen LogP contribution < -0.4 is 16.0 Å². The molecule has 15 nitrogen and oxygen atoms in total. The Labute approximate surface area is 353 Å². The molecule has 2 aliphatic heterocycles. The van der Waals surface area contributed by atoms with Crippen LogP contribution in [0.2, 0.25) is 0 Å². The zero-order chi connectivity index (χ0) is 44.2. The van der Waals surface area contributed by atoms with Gasteiger partial charge in [-0.25, -0.2) is 9.59 Å². The Morgan fingerprint density at radius 2 is 1.30 bits per heavy atom. The van der Waals surface area contributed by atoms with Crippen molar-refractivity contribution in [3.8, 4) is 0 Å². The van der Waals surface area contributed by atoms with Crippen molar-refractivity contribution in [1.82, 2.24) is 25.8 Å². The fourth-order valence-electron chi connectivity index (χ4n) is 7.25. The van der Waals surface area contributed by atoms with E-state index in [9.17, 15) is 33.6 Å². The van der Waals surface area contributed by atoms with Gasteiger partial charge in [0, 0.05) is 19.6 Å². The molecule has 5 atom stereocenters. The highest BCUT2D eigenvalue weighted by Crippen LogP contribution is 2.32. The number of likely N-dealkylation sites (tertiary alicyclic amines) is 2. The zero-order valence-corrected chi connectivity index (χ0v) is 36.3. The van der Waals surface area contributed by atoms with Gasteiger partial charge in [0.15, 0.2) is 0 Å². The normalized spacial score (nSPS) is 18.2. The highest BCUT2D eigenvalue weighted by molar-refractivity contribution is 5.99. The summed E-state index contributed by atoms with van der Waals surface area (Å²) in [5.41, 5.74) is -0.276. The zero-order valence-electron chi connectivity index (χ0n) is 36.3. The van der Waals surface area contributed by atoms with Crippen LogP contribution in [-0.4, -0.2) is 101 Å². The third-order valence-corrected chi connectivity index (χ3v) is 10.2. The van der Waals surface area contributed by atoms with Crippen molar-refractivity contribution in [3.05, 3.63) is 71.8 Å². The number of carbonyl (C=O) groups is 7. The summed E-state index contributed by atoms with van der Waals surface area (Å²) in [7, 11) is 0. The van der Waals surface area contributed by atoms with E-state index in [2.05, 4.69) is 16.0 Å². The van der Waals surface area contributed by atoms with E-state index in [1.807, 2.05) is 38.1 Å². The molecule has 328 valence electrons. The minimum atomic E-state index is -1.59. The van der Waals surface area contributed by atoms with Crippen molar-refractivity contribution >= 4 is 41.7 Å². The maximum absolute atomic E-state index is 14.7. The standard InChI is InChI=1S/C45H63N5O10/c1-29(2)25-34(42(56)59-28-31-19-13-10-14-20-31)47-38(52)33(26-35(51)58-27-30-17-11-9-12-18-30)46-39(53)36-32(40(54)49-22-15-16-23-49)21-24-50(36)41(55)37(44(3,4)5)48-43(57)60-45(6,7)8/h9-14,17-20,29,32-34,36-37H,15-16,21-28H2,1-8H3,(H,46,53)(H,47,52)(H,48,57)/t32-,33+,34+,36+,37-/m1/s1. The Kier molecular flexibility index (Phi) is 16.7. The molecule has 0 unspecified atom stereocenters. The van der Waals surface area contributed by atoms with Crippen molar-refractivity contribution < 1.29 is 47.8 Å². The summed E-state index contributed by atoms with van der Waals surface area (Å²) in [6.45, 7) is 15.0. The average molecular weight is 834 g/mol. The number of rotatable bonds is 16. The lowest BCUT2D eigenvalue weighted by Crippen LogP contribution is -2.61. The lowest BCUT2D eigenvalue weighted by Gasteiger charge is -2.37. The van der Waals surface area contributed by atoms with Crippen LogP contribution in [0.5, 0.6) is 0 Å². The van der Waals surface area contributed by atoms with Gasteiger partial charge in [-0.05, 0) is 68.9 Å². The summed E-state index contributed by atoms with van der Waals surface area (Å²) in [4.78, 5) is 100. The molecule has 3 N–H and O–H groups in total. The first-order valence-electron chi connectivity index (χ1n) is 20.8. The fourth-order valence-corrected chi connectivity index (χ4v) is 7.25. The lowest BCUT2D eigenvalue weighted by atomic mass is 9.85. The molecule has 0 spiro atoms. The molecule has 5 amide bonds. The third kappa shape index (κ3) is 14.1. The predicted molar refractivity (Wildman–Crippen MR) is 222 cm³/mol. The number of hydrogen-bond donors (Lipinski definition) is 3. The van der Waals surface area contributed by atoms with E-state index in [-0.39, 0.29) is 44.4 Å². The van der Waals surface area contributed by atoms with Gasteiger partial charge in [-0.3, -0.25) is 24.0 Å². The first kappa shape index (κ1) is 47.2. The largest absolute Gasteiger partial charge is 0.461 e. The number of alkyl carbamates (subject to hydrolysis) is 1. The molecule has 15 heteroatoms. The van der Waals surface area contributed by atoms with Gasteiger partial charge in [0.05, 0.1) is 12.3 Å². The van der Waals surface area contributed by atoms with Crippen LogP contribution in [0.3, 0.4) is 0 Å². The number of carbonyl (C=O) groups excluding carboxylic acids is 7. The quantitative estimate of drug-likeness (QED) is 0.159. The van der Waals surface area contributed by atoms with Crippen LogP contribution in [0.4, 0.5) is 4.79 Å². The van der Waals surface area contributed by atoms with Crippen molar-refractivity contribution in [2.24, 2.45) is 17.3 Å². The summed E-state index contributed by atoms with van der Waals surface area (Å²) in [5.74, 6) is -5.21. The van der Waals surface area contributed by atoms with E-state index >= 15 is 0 Å². The van der Waals surface area contributed by atoms with Crippen LogP contribution in [0, 0.1) is 17.3 Å². The smallest absolute Gasteiger partial charge is 0.408 e. The predicted octanol–water partition coefficient (Wildman–Crippen LogP) is 4.66. The van der Waals surface area contributed by atoms with Gasteiger partial charge >= 0.3 is 18.0 Å². The van der Waals surface area contributed by atoms with Gasteiger partial charge in [0.1, 0.15) is 43.0 Å². The Hall–Kier alpha value is -5.47. The highest BCUT2D eigenvalue weighted by atomic mass is 16.6. The van der Waals surface area contributed by atoms with Crippen molar-refractivity contribution in [2.75, 3.05) is 19.6 Å². The van der Waals surface area contributed by atoms with E-state index < -0.39 is 83.3 Å². The van der Waals surface area contributed by atoms with Crippen LogP contribution in [0.1, 0.15) is 98.6 Å². The molecular formula is C45H63N5O10. The molecular weight excluding hydrogens is 771 g/mol. The third-order valence-electron chi connectivity index (χ3n) is 10.2. The molecule has 2 aromatic carbocycles. The molecule has 2 aliphatic rings. The number of benzene rings is 2. The maximum atomic E-state index is 14.7. The van der Waals surface area contributed by atoms with E-state index in [0.717, 1.165) is 18.4 Å². The Balaban J connectivity index is 1.65. The van der Waals surface area contributed by atoms with Crippen molar-refractivity contribution in [3.63, 3.8) is 0 Å². The van der Waals surface area contributed by atoms with E-state index in [0.29, 0.717) is 18.7 Å². The molecule has 4 rings (SSSR count). The number of amides is 5. The van der Waals surface area contributed by atoms with E-state index in [1.54, 1.807) is 82.8 Å². The summed E-state index contributed by atoms with van der Waals surface area (Å²) < 4.78 is 16.6. The molecule has 2 fully saturated rings. The topological polar surface area (TPSA) is 190 Å². The molecule has 2 aromatic rings. The first-order chi connectivity index (χ1) is 28.2. The second-order valence-electron chi connectivity index (χ2n) is 18.0. The van der Waals surface area contributed by atoms with Gasteiger partial charge in [-0.1, -0.05) is 95.3 Å². The molecule has 2 saturated heterocycles. The van der Waals surface area contributed by atoms with Crippen LogP contribution >= 0.6 is 0 Å². The lowest BCUT2D eigenvalue weighted by molar-refractivity contribution is -0.151. The summed E-state index contributed by atoms with van der Waals surface area (Å²) in [6.07, 6.45) is 0.459. The van der Waals surface area contributed by atoms with E-state index in [1.165, 1.54) is 4.90 Å². The SMILES string of the molecule is CC(C)C[C@H](NC(=O)[C@H](CC(=O)OCc1ccccc1)NC(=O)[C@@H]1[C@H](C(=O)N2CCCC2)CCN1C(=O)[C@@H](NC(=O)OC(C)(C)C)C(C)(C)C)C(=O)OCc1ccccc1. The Morgan fingerprint density at radius 1 is 0.733 bits per heavy atom. The van der Waals surface area contributed by atoms with Gasteiger partial charge in [0.25, 0.3) is 0 Å². The summed E-state index contributed by atoms with van der Waals surface area (Å²) in [5, 5.41) is 8.05. The molecule has 60 heavy (non-hydrogen) atoms. The van der Waals surface area contributed by atoms with Crippen LogP contribution in [-0.2, 0) is 56.2 Å². The number of esters is 2. The summed E-state index contributed by atoms with van der Waals surface area (Å²) in [6, 6.07) is 12.7. The van der Waals surface area contributed by atoms with Gasteiger partial charge in [-0.2, -0.15) is 0 Å². The Bertz CT molecular complexity index is 1800. The van der Waals surface area contributed by atoms with Gasteiger partial charge < -0.3 is 40.0 Å². The fraction of sp³-hybridized carbons (Fsp3) is 0.578. The summed E-state index contributed by atoms with van der Waals surface area (Å²) >= 11 is 0. The van der Waals surface area contributed by atoms with Crippen LogP contribution in [0.25, 0.3) is 0 Å². The number of hydrogen-bond acceptors (Lipinski definition) is 10. The highest BCUT2D eigenvalue weighted by Gasteiger charge is 2.50. The molecule has 2 heterocycles. The molecule has 0 aliphatic carbocycles. The Morgan fingerprint density at radius 3 is 1.83 bits per heavy atom. The van der Waals surface area contributed by atoms with Crippen molar-refractivity contribution in [1.29, 1.82) is 0 Å². The molecule has 0 bridgehead atoms. The number of nitrogens with one attached hydrogen (secondary N) is 3. The van der Waals surface area contributed by atoms with Crippen LogP contribution in [0.15, 0.2) is 60.7 Å². The second-order valence-corrected chi connectivity index (χ2v) is 18.0. The second kappa shape index (κ2) is 21.2. The monoisotopic (exact) mass is 833 g/mol. The molecule has 0 aromatic heterocycles. The molecule has 0 radical (unpaired) electrons.